The molecule has 0 aliphatic heterocycles. The second-order valence-corrected chi connectivity index (χ2v) is 6.79. The van der Waals surface area contributed by atoms with Crippen molar-refractivity contribution in [3.8, 4) is 11.5 Å². The highest BCUT2D eigenvalue weighted by Gasteiger charge is 2.41. The van der Waals surface area contributed by atoms with E-state index in [2.05, 4.69) is 19.4 Å². The van der Waals surface area contributed by atoms with Crippen LogP contribution >= 0.6 is 0 Å². The van der Waals surface area contributed by atoms with E-state index in [1.807, 2.05) is 6.92 Å². The minimum absolute atomic E-state index is 0.129. The summed E-state index contributed by atoms with van der Waals surface area (Å²) < 4.78 is 105. The number of nitrogens with zero attached hydrogens (tertiary/aromatic N) is 2. The molecule has 0 saturated heterocycles. The van der Waals surface area contributed by atoms with E-state index >= 15 is 0 Å². The molecule has 0 fully saturated rings. The predicted molar refractivity (Wildman–Crippen MR) is 89.5 cm³/mol. The first-order chi connectivity index (χ1) is 14.0. The summed E-state index contributed by atoms with van der Waals surface area (Å²) in [6.07, 6.45) is -4.23. The Bertz CT molecular complexity index is 925. The van der Waals surface area contributed by atoms with Gasteiger partial charge in [-0.3, -0.25) is 0 Å². The van der Waals surface area contributed by atoms with Gasteiger partial charge in [-0.2, -0.15) is 17.6 Å². The van der Waals surface area contributed by atoms with E-state index in [0.29, 0.717) is 25.2 Å². The van der Waals surface area contributed by atoms with Crippen molar-refractivity contribution in [3.05, 3.63) is 59.5 Å². The summed E-state index contributed by atoms with van der Waals surface area (Å²) in [5.41, 5.74) is -0.223. The number of alkyl halides is 4. The van der Waals surface area contributed by atoms with Crippen LogP contribution in [0.3, 0.4) is 0 Å². The largest absolute Gasteiger partial charge is 0.462 e. The molecule has 1 unspecified atom stereocenters. The lowest BCUT2D eigenvalue weighted by Gasteiger charge is -2.25. The first-order valence-corrected chi connectivity index (χ1v) is 8.78. The molecule has 1 aliphatic rings. The third kappa shape index (κ3) is 4.82. The standard InChI is InChI=1S/C19H15F7N2O2/c1-10-2-4-11(5-3-10)18(23,24)30-13-8-27-17(28-9-13)19(25,26)29-12-6-14(20)16(22)15(21)7-12/h4,6-10H,2-3,5H2,1H3. The van der Waals surface area contributed by atoms with Crippen LogP contribution in [-0.2, 0) is 6.11 Å². The first-order valence-electron chi connectivity index (χ1n) is 8.78. The van der Waals surface area contributed by atoms with Gasteiger partial charge in [0.15, 0.2) is 23.2 Å². The zero-order chi connectivity index (χ0) is 22.1. The fourth-order valence-corrected chi connectivity index (χ4v) is 2.75. The number of allylic oxidation sites excluding steroid dienone is 1. The van der Waals surface area contributed by atoms with E-state index in [9.17, 15) is 30.7 Å². The number of ether oxygens (including phenoxy) is 2. The van der Waals surface area contributed by atoms with E-state index in [-0.39, 0.29) is 30.0 Å². The second-order valence-electron chi connectivity index (χ2n) is 6.79. The highest BCUT2D eigenvalue weighted by molar-refractivity contribution is 5.26. The summed E-state index contributed by atoms with van der Waals surface area (Å²) in [5.74, 6) is -7.93. The van der Waals surface area contributed by atoms with Crippen LogP contribution in [0.15, 0.2) is 36.2 Å². The lowest BCUT2D eigenvalue weighted by atomic mass is 9.90. The molecule has 2 aromatic rings. The fourth-order valence-electron chi connectivity index (χ4n) is 2.75. The van der Waals surface area contributed by atoms with Crippen molar-refractivity contribution in [2.45, 2.75) is 38.4 Å². The second kappa shape index (κ2) is 8.11. The monoisotopic (exact) mass is 436 g/mol. The number of aromatic nitrogens is 2. The van der Waals surface area contributed by atoms with E-state index in [4.69, 9.17) is 0 Å². The predicted octanol–water partition coefficient (Wildman–Crippen LogP) is 5.74. The molecule has 162 valence electrons. The van der Waals surface area contributed by atoms with E-state index in [0.717, 1.165) is 0 Å². The maximum atomic E-state index is 14.2. The number of benzene rings is 1. The quantitative estimate of drug-likeness (QED) is 0.329. The first kappa shape index (κ1) is 21.8. The molecule has 0 amide bonds. The van der Waals surface area contributed by atoms with Crippen molar-refractivity contribution in [1.82, 2.24) is 9.97 Å². The fraction of sp³-hybridized carbons (Fsp3) is 0.368. The van der Waals surface area contributed by atoms with E-state index < -0.39 is 47.0 Å². The molecular formula is C19H15F7N2O2. The van der Waals surface area contributed by atoms with Gasteiger partial charge in [-0.25, -0.2) is 23.1 Å². The molecule has 1 aliphatic carbocycles. The Morgan fingerprint density at radius 1 is 0.900 bits per heavy atom. The number of hydrogen-bond acceptors (Lipinski definition) is 4. The van der Waals surface area contributed by atoms with Gasteiger partial charge < -0.3 is 9.47 Å². The van der Waals surface area contributed by atoms with Crippen LogP contribution in [0.5, 0.6) is 11.5 Å². The zero-order valence-corrected chi connectivity index (χ0v) is 15.4. The Balaban J connectivity index is 1.73. The van der Waals surface area contributed by atoms with Gasteiger partial charge in [0.25, 0.3) is 0 Å². The minimum atomic E-state index is -4.29. The van der Waals surface area contributed by atoms with Crippen LogP contribution in [0.4, 0.5) is 30.7 Å². The number of hydrogen-bond donors (Lipinski definition) is 0. The molecule has 4 nitrogen and oxygen atoms in total. The molecule has 0 radical (unpaired) electrons. The molecule has 1 aromatic carbocycles. The highest BCUT2D eigenvalue weighted by atomic mass is 19.3. The summed E-state index contributed by atoms with van der Waals surface area (Å²) in [7, 11) is 0. The van der Waals surface area contributed by atoms with Gasteiger partial charge in [0.2, 0.25) is 5.82 Å². The Kier molecular flexibility index (Phi) is 5.91. The zero-order valence-electron chi connectivity index (χ0n) is 15.4. The normalized spacial score (nSPS) is 17.5. The van der Waals surface area contributed by atoms with Gasteiger partial charge >= 0.3 is 12.2 Å². The van der Waals surface area contributed by atoms with Crippen LogP contribution in [0.2, 0.25) is 0 Å². The lowest BCUT2D eigenvalue weighted by molar-refractivity contribution is -0.192. The SMILES string of the molecule is CC1CC=C(C(F)(F)Oc2cnc(C(F)(F)Oc3cc(F)c(F)c(F)c3)nc2)CC1. The van der Waals surface area contributed by atoms with Crippen molar-refractivity contribution in [2.24, 2.45) is 5.92 Å². The summed E-state index contributed by atoms with van der Waals surface area (Å²) in [6.45, 7) is 1.93. The molecule has 11 heteroatoms. The maximum absolute atomic E-state index is 14.2. The van der Waals surface area contributed by atoms with Gasteiger partial charge in [0.1, 0.15) is 5.75 Å². The van der Waals surface area contributed by atoms with Crippen LogP contribution in [0.25, 0.3) is 0 Å². The molecular weight excluding hydrogens is 421 g/mol. The Labute approximate surface area is 166 Å². The Morgan fingerprint density at radius 3 is 2.00 bits per heavy atom. The lowest BCUT2D eigenvalue weighted by Crippen LogP contribution is -2.30. The molecule has 0 saturated carbocycles. The summed E-state index contributed by atoms with van der Waals surface area (Å²) >= 11 is 0. The molecule has 1 atom stereocenters. The third-order valence-corrected chi connectivity index (χ3v) is 4.38. The molecule has 0 N–H and O–H groups in total. The van der Waals surface area contributed by atoms with Gasteiger partial charge in [-0.1, -0.05) is 13.0 Å². The van der Waals surface area contributed by atoms with E-state index in [1.54, 1.807) is 0 Å². The Morgan fingerprint density at radius 2 is 1.47 bits per heavy atom. The maximum Gasteiger partial charge on any atom is 0.462 e. The molecule has 0 spiro atoms. The van der Waals surface area contributed by atoms with Crippen molar-refractivity contribution < 1.29 is 40.2 Å². The molecule has 1 aromatic heterocycles. The van der Waals surface area contributed by atoms with Gasteiger partial charge in [-0.15, -0.1) is 0 Å². The van der Waals surface area contributed by atoms with Crippen LogP contribution < -0.4 is 9.47 Å². The minimum Gasteiger partial charge on any atom is -0.426 e. The van der Waals surface area contributed by atoms with Crippen LogP contribution in [0, 0.1) is 23.4 Å². The summed E-state index contributed by atoms with van der Waals surface area (Å²) in [6, 6.07) is 0.423. The average molecular weight is 436 g/mol. The Hall–Kier alpha value is -2.85. The molecule has 3 rings (SSSR count). The summed E-state index contributed by atoms with van der Waals surface area (Å²) in [4.78, 5) is 6.45. The molecule has 0 bridgehead atoms. The van der Waals surface area contributed by atoms with Crippen LogP contribution in [-0.4, -0.2) is 16.1 Å². The molecule has 30 heavy (non-hydrogen) atoms. The van der Waals surface area contributed by atoms with Crippen LogP contribution in [0.1, 0.15) is 32.0 Å². The number of halogens is 7. The van der Waals surface area contributed by atoms with Crippen molar-refractivity contribution >= 4 is 0 Å². The van der Waals surface area contributed by atoms with Crippen molar-refractivity contribution in [3.63, 3.8) is 0 Å². The topological polar surface area (TPSA) is 44.2 Å². The highest BCUT2D eigenvalue weighted by Crippen LogP contribution is 2.36. The molecule has 1 heterocycles. The van der Waals surface area contributed by atoms with Crippen molar-refractivity contribution in [2.75, 3.05) is 0 Å². The third-order valence-electron chi connectivity index (χ3n) is 4.38. The number of rotatable bonds is 6. The van der Waals surface area contributed by atoms with Crippen molar-refractivity contribution in [1.29, 1.82) is 0 Å². The van der Waals surface area contributed by atoms with Gasteiger partial charge in [0, 0.05) is 17.7 Å². The summed E-state index contributed by atoms with van der Waals surface area (Å²) in [5, 5.41) is 0. The van der Waals surface area contributed by atoms with Gasteiger partial charge in [0.05, 0.1) is 12.4 Å². The van der Waals surface area contributed by atoms with Gasteiger partial charge in [-0.05, 0) is 25.2 Å². The average Bonchev–Trinajstić information content (AvgIpc) is 2.66. The van der Waals surface area contributed by atoms with E-state index in [1.165, 1.54) is 6.08 Å². The smallest absolute Gasteiger partial charge is 0.426 e.